The number of rotatable bonds is 6. The molecule has 120 valence electrons. The van der Waals surface area contributed by atoms with Gasteiger partial charge in [-0.25, -0.2) is 4.39 Å². The number of amides is 1. The number of nitrogens with one attached hydrogen (secondary N) is 2. The molecule has 0 spiro atoms. The number of para-hydroxylation sites is 1. The number of carbonyl (C=O) groups excluding carboxylic acids is 1. The zero-order chi connectivity index (χ0) is 16.8. The first kappa shape index (κ1) is 16.2. The Balaban J connectivity index is 2.03. The van der Waals surface area contributed by atoms with Gasteiger partial charge >= 0.3 is 0 Å². The summed E-state index contributed by atoms with van der Waals surface area (Å²) in [4.78, 5) is 22.0. The summed E-state index contributed by atoms with van der Waals surface area (Å²) in [5.74, 6) is -0.743. The Kier molecular flexibility index (Phi) is 5.08. The Bertz CT molecular complexity index is 736. The smallest absolute Gasteiger partial charge is 0.273 e. The minimum absolute atomic E-state index is 0.149. The molecule has 0 saturated carbocycles. The number of anilines is 2. The van der Waals surface area contributed by atoms with E-state index in [0.717, 1.165) is 0 Å². The summed E-state index contributed by atoms with van der Waals surface area (Å²) in [5, 5.41) is 15.9. The predicted molar refractivity (Wildman–Crippen MR) is 83.2 cm³/mol. The van der Waals surface area contributed by atoms with Gasteiger partial charge in [0, 0.05) is 6.07 Å². The summed E-state index contributed by atoms with van der Waals surface area (Å²) < 4.78 is 18.4. The monoisotopic (exact) mass is 319 g/mol. The highest BCUT2D eigenvalue weighted by Crippen LogP contribution is 2.28. The third-order valence-electron chi connectivity index (χ3n) is 2.98. The van der Waals surface area contributed by atoms with Crippen LogP contribution in [0.3, 0.4) is 0 Å². The van der Waals surface area contributed by atoms with Gasteiger partial charge in [0.05, 0.1) is 36.0 Å². The van der Waals surface area contributed by atoms with Crippen molar-refractivity contribution in [1.29, 1.82) is 0 Å². The highest BCUT2D eigenvalue weighted by Gasteiger charge is 2.13. The lowest BCUT2D eigenvalue weighted by atomic mass is 10.2. The molecule has 0 radical (unpaired) electrons. The Labute approximate surface area is 131 Å². The number of non-ortho nitro benzene ring substituents is 1. The average molecular weight is 319 g/mol. The van der Waals surface area contributed by atoms with Crippen LogP contribution in [0, 0.1) is 15.9 Å². The van der Waals surface area contributed by atoms with E-state index >= 15 is 0 Å². The summed E-state index contributed by atoms with van der Waals surface area (Å²) in [6, 6.07) is 9.81. The Hall–Kier alpha value is -3.16. The summed E-state index contributed by atoms with van der Waals surface area (Å²) in [6.45, 7) is -0.166. The Morgan fingerprint density at radius 2 is 2.00 bits per heavy atom. The van der Waals surface area contributed by atoms with E-state index in [9.17, 15) is 19.3 Å². The summed E-state index contributed by atoms with van der Waals surface area (Å²) in [7, 11) is 1.34. The van der Waals surface area contributed by atoms with Crippen molar-refractivity contribution in [3.63, 3.8) is 0 Å². The van der Waals surface area contributed by atoms with E-state index in [0.29, 0.717) is 5.69 Å². The van der Waals surface area contributed by atoms with Gasteiger partial charge in [0.2, 0.25) is 5.91 Å². The fourth-order valence-electron chi connectivity index (χ4n) is 1.87. The fourth-order valence-corrected chi connectivity index (χ4v) is 1.87. The summed E-state index contributed by atoms with van der Waals surface area (Å²) in [5.41, 5.74) is 0.348. The molecule has 1 amide bonds. The van der Waals surface area contributed by atoms with Crippen molar-refractivity contribution in [3.8, 4) is 5.75 Å². The van der Waals surface area contributed by atoms with E-state index in [-0.39, 0.29) is 23.7 Å². The van der Waals surface area contributed by atoms with Gasteiger partial charge in [0.15, 0.2) is 0 Å². The number of carbonyl (C=O) groups is 1. The van der Waals surface area contributed by atoms with Crippen molar-refractivity contribution in [2.45, 2.75) is 0 Å². The van der Waals surface area contributed by atoms with E-state index in [2.05, 4.69) is 10.6 Å². The third-order valence-corrected chi connectivity index (χ3v) is 2.98. The number of nitrogens with zero attached hydrogens (tertiary/aromatic N) is 1. The number of nitro benzene ring substituents is 1. The third kappa shape index (κ3) is 4.16. The molecule has 2 rings (SSSR count). The second-order valence-electron chi connectivity index (χ2n) is 4.52. The lowest BCUT2D eigenvalue weighted by Crippen LogP contribution is -2.22. The van der Waals surface area contributed by atoms with Gasteiger partial charge in [-0.15, -0.1) is 0 Å². The fraction of sp³-hybridized carbons (Fsp3) is 0.133. The van der Waals surface area contributed by atoms with E-state index in [4.69, 9.17) is 4.74 Å². The van der Waals surface area contributed by atoms with Crippen LogP contribution in [-0.2, 0) is 4.79 Å². The molecule has 2 aromatic rings. The van der Waals surface area contributed by atoms with Crippen LogP contribution < -0.4 is 15.4 Å². The first-order valence-corrected chi connectivity index (χ1v) is 6.62. The maximum absolute atomic E-state index is 13.4. The predicted octanol–water partition coefficient (Wildman–Crippen LogP) is 2.79. The molecule has 0 atom stereocenters. The second-order valence-corrected chi connectivity index (χ2v) is 4.52. The van der Waals surface area contributed by atoms with Crippen LogP contribution in [0.25, 0.3) is 0 Å². The highest BCUT2D eigenvalue weighted by atomic mass is 19.1. The quantitative estimate of drug-likeness (QED) is 0.631. The lowest BCUT2D eigenvalue weighted by molar-refractivity contribution is -0.384. The van der Waals surface area contributed by atoms with Crippen molar-refractivity contribution < 1.29 is 18.8 Å². The van der Waals surface area contributed by atoms with Gasteiger partial charge in [-0.3, -0.25) is 14.9 Å². The molecule has 23 heavy (non-hydrogen) atoms. The molecule has 0 fully saturated rings. The van der Waals surface area contributed by atoms with Crippen LogP contribution in [0.5, 0.6) is 5.75 Å². The number of hydrogen-bond donors (Lipinski definition) is 2. The number of benzene rings is 2. The number of methoxy groups -OCH3 is 1. The van der Waals surface area contributed by atoms with Gasteiger partial charge in [0.1, 0.15) is 11.6 Å². The van der Waals surface area contributed by atoms with E-state index in [1.807, 2.05) is 0 Å². The minimum atomic E-state index is -0.562. The molecular formula is C15H14FN3O4. The molecule has 0 aliphatic carbocycles. The van der Waals surface area contributed by atoms with Gasteiger partial charge in [0.25, 0.3) is 5.69 Å². The molecule has 8 heteroatoms. The van der Waals surface area contributed by atoms with Crippen LogP contribution in [0.4, 0.5) is 21.5 Å². The van der Waals surface area contributed by atoms with Gasteiger partial charge in [-0.2, -0.15) is 0 Å². The van der Waals surface area contributed by atoms with Crippen LogP contribution in [0.15, 0.2) is 42.5 Å². The summed E-state index contributed by atoms with van der Waals surface area (Å²) >= 11 is 0. The largest absolute Gasteiger partial charge is 0.494 e. The molecule has 7 nitrogen and oxygen atoms in total. The topological polar surface area (TPSA) is 93.5 Å². The number of nitro groups is 1. The Morgan fingerprint density at radius 1 is 1.26 bits per heavy atom. The van der Waals surface area contributed by atoms with E-state index in [1.165, 1.54) is 37.4 Å². The van der Waals surface area contributed by atoms with Crippen LogP contribution in [0.1, 0.15) is 0 Å². The van der Waals surface area contributed by atoms with Crippen molar-refractivity contribution in [1.82, 2.24) is 0 Å². The van der Waals surface area contributed by atoms with Crippen LogP contribution in [0.2, 0.25) is 0 Å². The molecule has 2 aromatic carbocycles. The minimum Gasteiger partial charge on any atom is -0.494 e. The van der Waals surface area contributed by atoms with Crippen molar-refractivity contribution in [2.75, 3.05) is 24.3 Å². The molecule has 0 aliphatic rings. The van der Waals surface area contributed by atoms with Crippen LogP contribution in [-0.4, -0.2) is 24.5 Å². The highest BCUT2D eigenvalue weighted by molar-refractivity contribution is 5.95. The van der Waals surface area contributed by atoms with Gasteiger partial charge in [-0.1, -0.05) is 12.1 Å². The first-order chi connectivity index (χ1) is 11.0. The summed E-state index contributed by atoms with van der Waals surface area (Å²) in [6.07, 6.45) is 0. The number of halogens is 1. The molecule has 0 unspecified atom stereocenters. The Morgan fingerprint density at radius 3 is 2.65 bits per heavy atom. The molecule has 2 N–H and O–H groups in total. The van der Waals surface area contributed by atoms with Crippen molar-refractivity contribution in [2.24, 2.45) is 0 Å². The van der Waals surface area contributed by atoms with Crippen molar-refractivity contribution >= 4 is 23.0 Å². The normalized spacial score (nSPS) is 10.0. The van der Waals surface area contributed by atoms with Gasteiger partial charge in [-0.05, 0) is 18.2 Å². The van der Waals surface area contributed by atoms with Gasteiger partial charge < -0.3 is 15.4 Å². The molecule has 0 aliphatic heterocycles. The molecule has 0 bridgehead atoms. The number of ether oxygens (including phenoxy) is 1. The average Bonchev–Trinajstić information content (AvgIpc) is 2.54. The zero-order valence-electron chi connectivity index (χ0n) is 12.2. The SMILES string of the molecule is COc1cc([N+](=O)[O-])ccc1NC(=O)CNc1ccccc1F. The van der Waals surface area contributed by atoms with E-state index < -0.39 is 16.6 Å². The molecule has 0 saturated heterocycles. The standard InChI is InChI=1S/C15H14FN3O4/c1-23-14-8-10(19(21)22)6-7-13(14)18-15(20)9-17-12-5-3-2-4-11(12)16/h2-8,17H,9H2,1H3,(H,18,20). The zero-order valence-corrected chi connectivity index (χ0v) is 12.2. The molecule has 0 heterocycles. The first-order valence-electron chi connectivity index (χ1n) is 6.62. The molecular weight excluding hydrogens is 305 g/mol. The maximum Gasteiger partial charge on any atom is 0.273 e. The second kappa shape index (κ2) is 7.21. The maximum atomic E-state index is 13.4. The number of hydrogen-bond acceptors (Lipinski definition) is 5. The lowest BCUT2D eigenvalue weighted by Gasteiger charge is -2.11. The van der Waals surface area contributed by atoms with Crippen molar-refractivity contribution in [3.05, 3.63) is 58.4 Å². The van der Waals surface area contributed by atoms with Crippen LogP contribution >= 0.6 is 0 Å². The van der Waals surface area contributed by atoms with E-state index in [1.54, 1.807) is 12.1 Å². The molecule has 0 aromatic heterocycles.